The molecular formula is C104H110Br2N4O8. The summed E-state index contributed by atoms with van der Waals surface area (Å²) in [5, 5.41) is 0. The summed E-state index contributed by atoms with van der Waals surface area (Å²) in [6.07, 6.45) is 19.2. The van der Waals surface area contributed by atoms with E-state index in [9.17, 15) is 0 Å². The first-order valence-corrected chi connectivity index (χ1v) is 44.7. The number of hydrogen-bond donors (Lipinski definition) is 0. The highest BCUT2D eigenvalue weighted by Gasteiger charge is 2.33. The van der Waals surface area contributed by atoms with Crippen molar-refractivity contribution in [3.05, 3.63) is 264 Å². The number of hydrogen-bond acceptors (Lipinski definition) is 12. The van der Waals surface area contributed by atoms with Gasteiger partial charge in [-0.1, -0.05) is 213 Å². The van der Waals surface area contributed by atoms with Gasteiger partial charge in [-0.05, 0) is 278 Å². The predicted octanol–water partition coefficient (Wildman–Crippen LogP) is 32.9. The van der Waals surface area contributed by atoms with Gasteiger partial charge in [0.15, 0.2) is 46.0 Å². The van der Waals surface area contributed by atoms with Crippen LogP contribution in [-0.4, -0.2) is 26.4 Å². The highest BCUT2D eigenvalue weighted by atomic mass is 79.9. The van der Waals surface area contributed by atoms with Crippen LogP contribution in [0.25, 0.3) is 22.3 Å². The Morgan fingerprint density at radius 3 is 0.712 bits per heavy atom. The number of para-hydroxylation sites is 4. The average Bonchev–Trinajstić information content (AvgIpc) is 0.758. The molecule has 12 nitrogen and oxygen atoms in total. The van der Waals surface area contributed by atoms with Gasteiger partial charge in [0, 0.05) is 31.7 Å². The monoisotopic (exact) mass is 1700 g/mol. The zero-order valence-electron chi connectivity index (χ0n) is 69.5. The fraction of sp³-hybridized carbons (Fsp3) is 0.308. The number of fused-ring (bicyclic) bond motifs is 8. The number of rotatable bonds is 34. The second kappa shape index (κ2) is 39.2. The molecule has 0 radical (unpaired) electrons. The van der Waals surface area contributed by atoms with Gasteiger partial charge in [-0.3, -0.25) is 0 Å². The normalized spacial score (nSPS) is 13.6. The summed E-state index contributed by atoms with van der Waals surface area (Å²) >= 11 is 7.35. The SMILES string of the molecule is CCCCC(CC)COc1ccc(N2c3ccc(Br)cc3Oc3cc(-c4ccc5c(c4)Oc4cc(Br)ccc4N5c4ccc(OCC(CC)CCCC)cc4)ccc32)cc1.CCCCC(CC)COc1ccc(N2c3ccccc3Oc3cc(-c4ccc5c(c4)Oc4ccccc4N5c4ccc(OCC(CC)CCCC)cc4)ccc32)cc1. The van der Waals surface area contributed by atoms with Crippen LogP contribution in [0.1, 0.15) is 158 Å². The van der Waals surface area contributed by atoms with Crippen molar-refractivity contribution in [2.45, 2.75) is 158 Å². The van der Waals surface area contributed by atoms with E-state index in [-0.39, 0.29) is 0 Å². The molecule has 0 amide bonds. The van der Waals surface area contributed by atoms with E-state index >= 15 is 0 Å². The van der Waals surface area contributed by atoms with Gasteiger partial charge in [0.25, 0.3) is 0 Å². The first-order chi connectivity index (χ1) is 57.9. The third-order valence-corrected chi connectivity index (χ3v) is 24.4. The third kappa shape index (κ3) is 19.0. The van der Waals surface area contributed by atoms with Gasteiger partial charge >= 0.3 is 0 Å². The zero-order valence-corrected chi connectivity index (χ0v) is 72.7. The van der Waals surface area contributed by atoms with Crippen molar-refractivity contribution in [3.8, 4) is 91.2 Å². The van der Waals surface area contributed by atoms with Crippen molar-refractivity contribution in [2.75, 3.05) is 46.0 Å². The molecule has 4 aliphatic heterocycles. The highest BCUT2D eigenvalue weighted by Crippen LogP contribution is 2.58. The number of anilines is 12. The topological polar surface area (TPSA) is 86.8 Å². The molecule has 4 unspecified atom stereocenters. The molecule has 608 valence electrons. The molecule has 12 aromatic carbocycles. The van der Waals surface area contributed by atoms with E-state index in [1.165, 1.54) is 77.0 Å². The van der Waals surface area contributed by atoms with E-state index in [1.54, 1.807) is 0 Å². The van der Waals surface area contributed by atoms with Gasteiger partial charge in [0.1, 0.15) is 23.0 Å². The molecule has 16 rings (SSSR count). The summed E-state index contributed by atoms with van der Waals surface area (Å²) in [7, 11) is 0. The van der Waals surface area contributed by atoms with Crippen LogP contribution in [0, 0.1) is 23.7 Å². The molecule has 0 N–H and O–H groups in total. The minimum atomic E-state index is 0.574. The molecule has 0 aromatic heterocycles. The largest absolute Gasteiger partial charge is 0.493 e. The van der Waals surface area contributed by atoms with Crippen LogP contribution in [0.5, 0.6) is 69.0 Å². The number of nitrogens with zero attached hydrogens (tertiary/aromatic N) is 4. The van der Waals surface area contributed by atoms with Crippen LogP contribution in [0.4, 0.5) is 68.2 Å². The Kier molecular flexibility index (Phi) is 27.3. The molecule has 0 saturated carbocycles. The second-order valence-electron chi connectivity index (χ2n) is 31.5. The lowest BCUT2D eigenvalue weighted by Crippen LogP contribution is -2.16. The minimum absolute atomic E-state index is 0.574. The number of halogens is 2. The quantitative estimate of drug-likeness (QED) is 0.0385. The van der Waals surface area contributed by atoms with Crippen LogP contribution >= 0.6 is 31.9 Å². The second-order valence-corrected chi connectivity index (χ2v) is 33.4. The summed E-state index contributed by atoms with van der Waals surface area (Å²) in [5.74, 6) is 12.2. The van der Waals surface area contributed by atoms with E-state index in [0.29, 0.717) is 23.7 Å². The third-order valence-electron chi connectivity index (χ3n) is 23.4. The summed E-state index contributed by atoms with van der Waals surface area (Å²) in [5.41, 5.74) is 16.1. The Bertz CT molecular complexity index is 5020. The summed E-state index contributed by atoms with van der Waals surface area (Å²) in [6.45, 7) is 21.0. The van der Waals surface area contributed by atoms with Crippen molar-refractivity contribution in [1.82, 2.24) is 0 Å². The molecule has 4 atom stereocenters. The van der Waals surface area contributed by atoms with Crippen LogP contribution in [0.15, 0.2) is 264 Å². The summed E-state index contributed by atoms with van der Waals surface area (Å²) in [6, 6.07) is 88.4. The maximum atomic E-state index is 6.66. The average molecular weight is 1700 g/mol. The van der Waals surface area contributed by atoms with Crippen molar-refractivity contribution in [2.24, 2.45) is 23.7 Å². The van der Waals surface area contributed by atoms with Gasteiger partial charge in [-0.25, -0.2) is 0 Å². The highest BCUT2D eigenvalue weighted by molar-refractivity contribution is 9.10. The number of unbranched alkanes of at least 4 members (excludes halogenated alkanes) is 4. The Morgan fingerprint density at radius 2 is 0.466 bits per heavy atom. The molecule has 12 aromatic rings. The Labute approximate surface area is 715 Å². The van der Waals surface area contributed by atoms with Gasteiger partial charge in [0.2, 0.25) is 0 Å². The summed E-state index contributed by atoms with van der Waals surface area (Å²) < 4.78 is 53.5. The number of ether oxygens (including phenoxy) is 8. The van der Waals surface area contributed by atoms with Gasteiger partial charge in [-0.15, -0.1) is 0 Å². The molecule has 4 aliphatic rings. The Balaban J connectivity index is 0.000000185. The van der Waals surface area contributed by atoms with Crippen molar-refractivity contribution in [3.63, 3.8) is 0 Å². The van der Waals surface area contributed by atoms with Crippen LogP contribution < -0.4 is 57.5 Å². The molecule has 0 spiro atoms. The number of benzene rings is 12. The van der Waals surface area contributed by atoms with Crippen molar-refractivity contribution in [1.29, 1.82) is 0 Å². The van der Waals surface area contributed by atoms with E-state index in [2.05, 4.69) is 325 Å². The smallest absolute Gasteiger partial charge is 0.152 e. The molecular weight excluding hydrogens is 1590 g/mol. The molecule has 0 bridgehead atoms. The molecule has 14 heteroatoms. The minimum Gasteiger partial charge on any atom is -0.493 e. The molecule has 0 fully saturated rings. The van der Waals surface area contributed by atoms with E-state index in [1.807, 2.05) is 36.4 Å². The molecule has 0 saturated heterocycles. The lowest BCUT2D eigenvalue weighted by molar-refractivity contribution is 0.233. The predicted molar refractivity (Wildman–Crippen MR) is 493 cm³/mol. The van der Waals surface area contributed by atoms with E-state index in [0.717, 1.165) is 221 Å². The van der Waals surface area contributed by atoms with E-state index in [4.69, 9.17) is 37.9 Å². The first-order valence-electron chi connectivity index (χ1n) is 43.1. The van der Waals surface area contributed by atoms with Crippen LogP contribution in [0.3, 0.4) is 0 Å². The lowest BCUT2D eigenvalue weighted by Gasteiger charge is -2.34. The lowest BCUT2D eigenvalue weighted by atomic mass is 10.0. The van der Waals surface area contributed by atoms with Gasteiger partial charge in [-0.2, -0.15) is 0 Å². The molecule has 4 heterocycles. The Morgan fingerprint density at radius 1 is 0.246 bits per heavy atom. The fourth-order valence-electron chi connectivity index (χ4n) is 16.1. The fourth-order valence-corrected chi connectivity index (χ4v) is 16.8. The summed E-state index contributed by atoms with van der Waals surface area (Å²) in [4.78, 5) is 9.07. The van der Waals surface area contributed by atoms with Gasteiger partial charge in [0.05, 0.1) is 71.9 Å². The van der Waals surface area contributed by atoms with Crippen molar-refractivity contribution < 1.29 is 37.9 Å². The molecule has 0 aliphatic carbocycles. The van der Waals surface area contributed by atoms with Crippen LogP contribution in [-0.2, 0) is 0 Å². The van der Waals surface area contributed by atoms with E-state index < -0.39 is 0 Å². The van der Waals surface area contributed by atoms with Crippen LogP contribution in [0.2, 0.25) is 0 Å². The maximum Gasteiger partial charge on any atom is 0.152 e. The standard InChI is InChI=1S/C52H54Br2N2O4.C52H56N2O4/c1-5-9-11-35(7-3)33-57-43-21-17-41(18-22-43)55-45-25-13-37(29-49(45)59-51-31-39(53)15-27-47(51)55)38-14-26-46-50(30-38)60-52-32-40(54)16-28-48(52)56(46)42-19-23-44(24-20-42)58-34-36(8-4)12-10-6-2;1-5-9-15-37(7-3)35-55-43-27-23-41(24-28-43)53-45-17-11-13-19-49(45)57-51-33-39(21-31-47(51)53)40-22-32-48-52(34-40)58-50-20-14-12-18-46(50)54(48)42-25-29-44(30-26-42)56-36-38(8-4)16-10-6-2/h13-32,35-36H,5-12,33-34H2,1-4H3;11-14,17-34,37-38H,5-10,15-16,35-36H2,1-4H3. The van der Waals surface area contributed by atoms with Gasteiger partial charge < -0.3 is 57.5 Å². The maximum absolute atomic E-state index is 6.66. The van der Waals surface area contributed by atoms with Crippen molar-refractivity contribution >= 4 is 100 Å². The Hall–Kier alpha value is -10.8. The molecule has 118 heavy (non-hydrogen) atoms. The first kappa shape index (κ1) is 82.3. The zero-order chi connectivity index (χ0) is 81.4.